The van der Waals surface area contributed by atoms with E-state index in [0.717, 1.165) is 29.1 Å². The first-order valence-electron chi connectivity index (χ1n) is 7.45. The van der Waals surface area contributed by atoms with E-state index < -0.39 is 0 Å². The number of rotatable bonds is 5. The van der Waals surface area contributed by atoms with Crippen LogP contribution in [0.25, 0.3) is 10.7 Å². The minimum atomic E-state index is -0.0146. The molecule has 0 N–H and O–H groups in total. The predicted octanol–water partition coefficient (Wildman–Crippen LogP) is 3.52. The van der Waals surface area contributed by atoms with Crippen molar-refractivity contribution < 1.29 is 4.79 Å². The molecule has 5 heteroatoms. The Balaban J connectivity index is 1.72. The van der Waals surface area contributed by atoms with Crippen LogP contribution in [0.5, 0.6) is 0 Å². The second kappa shape index (κ2) is 6.40. The molecule has 0 spiro atoms. The molecule has 1 aliphatic rings. The molecular formula is C17H19N3OS. The van der Waals surface area contributed by atoms with Gasteiger partial charge < -0.3 is 4.90 Å². The van der Waals surface area contributed by atoms with E-state index in [1.807, 2.05) is 34.8 Å². The van der Waals surface area contributed by atoms with Gasteiger partial charge in [-0.2, -0.15) is 0 Å². The molecule has 1 amide bonds. The summed E-state index contributed by atoms with van der Waals surface area (Å²) in [6, 6.07) is 4.31. The standard InChI is InChI=1S/C17H19N3OS/c1-3-16(21)20(14-7-12(2)8-14)11-13-9-18-17(19-10-13)15-5-4-6-22-15/h3-6,9-10,12,14H,1,7-8,11H2,2H3. The van der Waals surface area contributed by atoms with Gasteiger partial charge in [0, 0.05) is 30.5 Å². The molecule has 2 heterocycles. The maximum atomic E-state index is 12.1. The molecule has 1 saturated carbocycles. The molecule has 114 valence electrons. The van der Waals surface area contributed by atoms with E-state index in [1.54, 1.807) is 11.3 Å². The molecule has 0 saturated heterocycles. The molecule has 1 aliphatic carbocycles. The molecule has 0 aliphatic heterocycles. The molecule has 0 radical (unpaired) electrons. The van der Waals surface area contributed by atoms with Gasteiger partial charge in [-0.25, -0.2) is 9.97 Å². The summed E-state index contributed by atoms with van der Waals surface area (Å²) in [6.07, 6.45) is 7.15. The summed E-state index contributed by atoms with van der Waals surface area (Å²) in [7, 11) is 0. The summed E-state index contributed by atoms with van der Waals surface area (Å²) in [5.41, 5.74) is 0.954. The number of hydrogen-bond acceptors (Lipinski definition) is 4. The third-order valence-electron chi connectivity index (χ3n) is 4.05. The lowest BCUT2D eigenvalue weighted by Crippen LogP contribution is -2.46. The molecule has 0 bridgehead atoms. The molecule has 0 aromatic carbocycles. The first kappa shape index (κ1) is 14.9. The summed E-state index contributed by atoms with van der Waals surface area (Å²) in [6.45, 7) is 6.37. The summed E-state index contributed by atoms with van der Waals surface area (Å²) >= 11 is 1.62. The van der Waals surface area contributed by atoms with Crippen LogP contribution < -0.4 is 0 Å². The van der Waals surface area contributed by atoms with Gasteiger partial charge in [-0.3, -0.25) is 4.79 Å². The van der Waals surface area contributed by atoms with Crippen molar-refractivity contribution >= 4 is 17.2 Å². The predicted molar refractivity (Wildman–Crippen MR) is 88.3 cm³/mol. The van der Waals surface area contributed by atoms with Crippen LogP contribution in [0.15, 0.2) is 42.6 Å². The van der Waals surface area contributed by atoms with E-state index in [1.165, 1.54) is 6.08 Å². The number of thiophene rings is 1. The largest absolute Gasteiger partial charge is 0.332 e. The van der Waals surface area contributed by atoms with Crippen molar-refractivity contribution in [1.82, 2.24) is 14.9 Å². The molecular weight excluding hydrogens is 294 g/mol. The van der Waals surface area contributed by atoms with Gasteiger partial charge in [0.25, 0.3) is 0 Å². The van der Waals surface area contributed by atoms with Gasteiger partial charge in [0.15, 0.2) is 5.82 Å². The first-order valence-corrected chi connectivity index (χ1v) is 8.33. The van der Waals surface area contributed by atoms with Crippen LogP contribution in [0.4, 0.5) is 0 Å². The quantitative estimate of drug-likeness (QED) is 0.793. The Labute approximate surface area is 134 Å². The van der Waals surface area contributed by atoms with Gasteiger partial charge in [0.05, 0.1) is 4.88 Å². The van der Waals surface area contributed by atoms with E-state index in [2.05, 4.69) is 23.5 Å². The van der Waals surface area contributed by atoms with Gasteiger partial charge >= 0.3 is 0 Å². The summed E-state index contributed by atoms with van der Waals surface area (Å²) in [4.78, 5) is 23.8. The average Bonchev–Trinajstić information content (AvgIpc) is 3.04. The monoisotopic (exact) mass is 313 g/mol. The number of hydrogen-bond donors (Lipinski definition) is 0. The number of amides is 1. The van der Waals surface area contributed by atoms with Gasteiger partial charge in [-0.15, -0.1) is 11.3 Å². The zero-order chi connectivity index (χ0) is 15.5. The van der Waals surface area contributed by atoms with Crippen LogP contribution in [-0.4, -0.2) is 26.8 Å². The van der Waals surface area contributed by atoms with E-state index in [4.69, 9.17) is 0 Å². The molecule has 0 atom stereocenters. The minimum Gasteiger partial charge on any atom is -0.332 e. The topological polar surface area (TPSA) is 46.1 Å². The van der Waals surface area contributed by atoms with E-state index in [0.29, 0.717) is 18.5 Å². The first-order chi connectivity index (χ1) is 10.7. The zero-order valence-corrected chi connectivity index (χ0v) is 13.4. The lowest BCUT2D eigenvalue weighted by Gasteiger charge is -2.41. The van der Waals surface area contributed by atoms with Crippen LogP contribution in [0.1, 0.15) is 25.3 Å². The summed E-state index contributed by atoms with van der Waals surface area (Å²) in [5.74, 6) is 1.42. The second-order valence-electron chi connectivity index (χ2n) is 5.79. The van der Waals surface area contributed by atoms with Gasteiger partial charge in [0.1, 0.15) is 0 Å². The van der Waals surface area contributed by atoms with Crippen molar-refractivity contribution in [2.75, 3.05) is 0 Å². The van der Waals surface area contributed by atoms with Crippen molar-refractivity contribution in [1.29, 1.82) is 0 Å². The van der Waals surface area contributed by atoms with Crippen molar-refractivity contribution in [3.05, 3.63) is 48.1 Å². The Bertz CT molecular complexity index is 645. The highest BCUT2D eigenvalue weighted by Crippen LogP contribution is 2.32. The molecule has 2 aromatic rings. The van der Waals surface area contributed by atoms with Crippen LogP contribution >= 0.6 is 11.3 Å². The van der Waals surface area contributed by atoms with E-state index in [9.17, 15) is 4.79 Å². The van der Waals surface area contributed by atoms with Crippen molar-refractivity contribution in [2.24, 2.45) is 5.92 Å². The number of carbonyl (C=O) groups excluding carboxylic acids is 1. The van der Waals surface area contributed by atoms with Crippen molar-refractivity contribution in [2.45, 2.75) is 32.4 Å². The third kappa shape index (κ3) is 3.09. The molecule has 4 nitrogen and oxygen atoms in total. The van der Waals surface area contributed by atoms with Gasteiger partial charge in [-0.05, 0) is 36.3 Å². The minimum absolute atomic E-state index is 0.0146. The Morgan fingerprint density at radius 3 is 2.73 bits per heavy atom. The van der Waals surface area contributed by atoms with Crippen LogP contribution in [0, 0.1) is 5.92 Å². The van der Waals surface area contributed by atoms with Gasteiger partial charge in [0.2, 0.25) is 5.91 Å². The highest BCUT2D eigenvalue weighted by molar-refractivity contribution is 7.13. The summed E-state index contributed by atoms with van der Waals surface area (Å²) < 4.78 is 0. The van der Waals surface area contributed by atoms with E-state index in [-0.39, 0.29) is 5.91 Å². The summed E-state index contributed by atoms with van der Waals surface area (Å²) in [5, 5.41) is 2.01. The fourth-order valence-corrected chi connectivity index (χ4v) is 3.46. The van der Waals surface area contributed by atoms with Crippen LogP contribution in [0.2, 0.25) is 0 Å². The molecule has 0 unspecified atom stereocenters. The van der Waals surface area contributed by atoms with Crippen LogP contribution in [0.3, 0.4) is 0 Å². The average molecular weight is 313 g/mol. The Hall–Kier alpha value is -2.01. The van der Waals surface area contributed by atoms with Gasteiger partial charge in [-0.1, -0.05) is 19.6 Å². The highest BCUT2D eigenvalue weighted by atomic mass is 32.1. The normalized spacial score (nSPS) is 20.2. The zero-order valence-electron chi connectivity index (χ0n) is 12.6. The highest BCUT2D eigenvalue weighted by Gasteiger charge is 2.32. The smallest absolute Gasteiger partial charge is 0.246 e. The second-order valence-corrected chi connectivity index (χ2v) is 6.74. The number of aromatic nitrogens is 2. The molecule has 1 fully saturated rings. The molecule has 3 rings (SSSR count). The van der Waals surface area contributed by atoms with Crippen molar-refractivity contribution in [3.8, 4) is 10.7 Å². The third-order valence-corrected chi connectivity index (χ3v) is 4.91. The number of carbonyl (C=O) groups is 1. The van der Waals surface area contributed by atoms with Crippen molar-refractivity contribution in [3.63, 3.8) is 0 Å². The maximum Gasteiger partial charge on any atom is 0.246 e. The Morgan fingerprint density at radius 2 is 2.18 bits per heavy atom. The Kier molecular flexibility index (Phi) is 4.34. The fraction of sp³-hybridized carbons (Fsp3) is 0.353. The number of nitrogens with zero attached hydrogens (tertiary/aromatic N) is 3. The van der Waals surface area contributed by atoms with E-state index >= 15 is 0 Å². The fourth-order valence-electron chi connectivity index (χ4n) is 2.78. The Morgan fingerprint density at radius 1 is 1.45 bits per heavy atom. The lowest BCUT2D eigenvalue weighted by molar-refractivity contribution is -0.131. The molecule has 2 aromatic heterocycles. The lowest BCUT2D eigenvalue weighted by atomic mass is 9.80. The SMILES string of the molecule is C=CC(=O)N(Cc1cnc(-c2cccs2)nc1)C1CC(C)C1. The van der Waals surface area contributed by atoms with Crippen LogP contribution in [-0.2, 0) is 11.3 Å². The molecule has 22 heavy (non-hydrogen) atoms. The maximum absolute atomic E-state index is 12.1.